The first-order chi connectivity index (χ1) is 17.1. The molecule has 0 saturated carbocycles. The number of anilines is 1. The van der Waals surface area contributed by atoms with Gasteiger partial charge in [0.05, 0.1) is 6.54 Å². The second-order valence-electron chi connectivity index (χ2n) is 9.50. The number of nitrogens with one attached hydrogen (secondary N) is 1. The molecule has 6 heteroatoms. The third-order valence-electron chi connectivity index (χ3n) is 7.07. The average Bonchev–Trinajstić information content (AvgIpc) is 2.90. The Hall–Kier alpha value is -3.64. The fraction of sp³-hybridized carbons (Fsp3) is 0.310. The van der Waals surface area contributed by atoms with Crippen LogP contribution in [0.4, 0.5) is 10.5 Å². The van der Waals surface area contributed by atoms with Crippen molar-refractivity contribution in [2.45, 2.75) is 19.4 Å². The second-order valence-corrected chi connectivity index (χ2v) is 9.50. The number of benzene rings is 3. The van der Waals surface area contributed by atoms with Crippen molar-refractivity contribution < 1.29 is 9.59 Å². The van der Waals surface area contributed by atoms with E-state index in [4.69, 9.17) is 0 Å². The number of urea groups is 1. The molecule has 2 aliphatic rings. The fourth-order valence-electron chi connectivity index (χ4n) is 5.01. The Balaban J connectivity index is 1.17. The summed E-state index contributed by atoms with van der Waals surface area (Å²) >= 11 is 0. The summed E-state index contributed by atoms with van der Waals surface area (Å²) in [4.78, 5) is 31.9. The minimum absolute atomic E-state index is 0.0850. The first-order valence-electron chi connectivity index (χ1n) is 12.3. The Morgan fingerprint density at radius 2 is 1.51 bits per heavy atom. The van der Waals surface area contributed by atoms with Crippen LogP contribution in [-0.4, -0.2) is 65.9 Å². The molecule has 1 saturated heterocycles. The second kappa shape index (κ2) is 10.3. The Labute approximate surface area is 207 Å². The van der Waals surface area contributed by atoms with Crippen LogP contribution in [0, 0.1) is 6.92 Å². The van der Waals surface area contributed by atoms with E-state index in [-0.39, 0.29) is 17.9 Å². The number of carbonyl (C=O) groups excluding carboxylic acids is 2. The number of piperazine rings is 1. The van der Waals surface area contributed by atoms with Crippen molar-refractivity contribution >= 4 is 17.6 Å². The molecule has 180 valence electrons. The Morgan fingerprint density at radius 1 is 0.829 bits per heavy atom. The summed E-state index contributed by atoms with van der Waals surface area (Å²) in [5.41, 5.74) is 5.74. The highest BCUT2D eigenvalue weighted by atomic mass is 16.2. The fourth-order valence-corrected chi connectivity index (χ4v) is 5.01. The van der Waals surface area contributed by atoms with E-state index >= 15 is 0 Å². The number of hydrogen-bond donors (Lipinski definition) is 1. The third kappa shape index (κ3) is 5.38. The highest BCUT2D eigenvalue weighted by molar-refractivity contribution is 5.89. The molecule has 1 fully saturated rings. The minimum Gasteiger partial charge on any atom is -0.336 e. The molecule has 0 spiro atoms. The van der Waals surface area contributed by atoms with Gasteiger partial charge in [0.1, 0.15) is 0 Å². The maximum Gasteiger partial charge on any atom is 0.321 e. The molecule has 2 aliphatic heterocycles. The molecule has 0 aliphatic carbocycles. The molecular formula is C29H32N4O2. The molecule has 3 aromatic rings. The molecule has 35 heavy (non-hydrogen) atoms. The average molecular weight is 469 g/mol. The predicted molar refractivity (Wildman–Crippen MR) is 138 cm³/mol. The highest BCUT2D eigenvalue weighted by Gasteiger charge is 2.30. The van der Waals surface area contributed by atoms with Crippen LogP contribution in [0.1, 0.15) is 28.2 Å². The van der Waals surface area contributed by atoms with Crippen molar-refractivity contribution in [2.24, 2.45) is 0 Å². The van der Waals surface area contributed by atoms with Crippen molar-refractivity contribution in [1.82, 2.24) is 14.7 Å². The van der Waals surface area contributed by atoms with Crippen molar-refractivity contribution in [3.05, 3.63) is 101 Å². The van der Waals surface area contributed by atoms with Gasteiger partial charge in [-0.05, 0) is 35.7 Å². The summed E-state index contributed by atoms with van der Waals surface area (Å²) in [7, 11) is 0. The lowest BCUT2D eigenvalue weighted by Gasteiger charge is -2.38. The zero-order valence-electron chi connectivity index (χ0n) is 20.2. The van der Waals surface area contributed by atoms with Crippen LogP contribution in [0.25, 0.3) is 0 Å². The van der Waals surface area contributed by atoms with Crippen molar-refractivity contribution in [2.75, 3.05) is 44.6 Å². The van der Waals surface area contributed by atoms with Gasteiger partial charge < -0.3 is 15.1 Å². The lowest BCUT2D eigenvalue weighted by molar-refractivity contribution is -0.133. The molecule has 0 aromatic heterocycles. The zero-order chi connectivity index (χ0) is 24.2. The van der Waals surface area contributed by atoms with Gasteiger partial charge in [0.2, 0.25) is 5.91 Å². The van der Waals surface area contributed by atoms with Gasteiger partial charge in [-0.2, -0.15) is 0 Å². The first kappa shape index (κ1) is 23.1. The number of aryl methyl sites for hydroxylation is 1. The van der Waals surface area contributed by atoms with Crippen LogP contribution < -0.4 is 5.32 Å². The van der Waals surface area contributed by atoms with Gasteiger partial charge in [0.25, 0.3) is 0 Å². The maximum atomic E-state index is 13.3. The van der Waals surface area contributed by atoms with E-state index in [1.54, 1.807) is 0 Å². The van der Waals surface area contributed by atoms with E-state index in [1.807, 2.05) is 47.1 Å². The van der Waals surface area contributed by atoms with Crippen molar-refractivity contribution in [3.8, 4) is 0 Å². The summed E-state index contributed by atoms with van der Waals surface area (Å²) in [6.07, 6.45) is 0. The SMILES string of the molecule is Cc1ccc(NC(=O)N2CCN(CC(=O)N3Cc4ccccc4C(c4ccccc4)C3)CC2)cc1. The summed E-state index contributed by atoms with van der Waals surface area (Å²) in [6.45, 7) is 6.36. The molecular weight excluding hydrogens is 436 g/mol. The van der Waals surface area contributed by atoms with Gasteiger partial charge in [0, 0.05) is 50.9 Å². The van der Waals surface area contributed by atoms with E-state index in [0.29, 0.717) is 45.8 Å². The van der Waals surface area contributed by atoms with Gasteiger partial charge in [0.15, 0.2) is 0 Å². The molecule has 1 atom stereocenters. The van der Waals surface area contributed by atoms with Crippen molar-refractivity contribution in [1.29, 1.82) is 0 Å². The molecule has 1 unspecified atom stereocenters. The molecule has 1 N–H and O–H groups in total. The molecule has 2 heterocycles. The van der Waals surface area contributed by atoms with E-state index in [2.05, 4.69) is 58.7 Å². The normalized spacial score (nSPS) is 18.1. The molecule has 3 aromatic carbocycles. The Bertz CT molecular complexity index is 1170. The summed E-state index contributed by atoms with van der Waals surface area (Å²) in [6, 6.07) is 26.6. The molecule has 0 radical (unpaired) electrons. The standard InChI is InChI=1S/C29H32N4O2/c1-22-11-13-25(14-12-22)30-29(35)32-17-15-31(16-18-32)21-28(34)33-19-24-9-5-6-10-26(24)27(20-33)23-7-3-2-4-8-23/h2-14,27H,15-21H2,1H3,(H,30,35). The number of nitrogens with zero attached hydrogens (tertiary/aromatic N) is 3. The van der Waals surface area contributed by atoms with Gasteiger partial charge in [-0.15, -0.1) is 0 Å². The number of amides is 3. The van der Waals surface area contributed by atoms with Gasteiger partial charge in [-0.3, -0.25) is 9.69 Å². The van der Waals surface area contributed by atoms with Gasteiger partial charge >= 0.3 is 6.03 Å². The van der Waals surface area contributed by atoms with Crippen molar-refractivity contribution in [3.63, 3.8) is 0 Å². The van der Waals surface area contributed by atoms with E-state index in [0.717, 1.165) is 11.3 Å². The number of hydrogen-bond acceptors (Lipinski definition) is 3. The largest absolute Gasteiger partial charge is 0.336 e. The lowest BCUT2D eigenvalue weighted by Crippen LogP contribution is -2.53. The van der Waals surface area contributed by atoms with Crippen LogP contribution >= 0.6 is 0 Å². The van der Waals surface area contributed by atoms with E-state index in [1.165, 1.54) is 16.7 Å². The quantitative estimate of drug-likeness (QED) is 0.621. The number of fused-ring (bicyclic) bond motifs is 1. The Kier molecular flexibility index (Phi) is 6.82. The molecule has 0 bridgehead atoms. The van der Waals surface area contributed by atoms with Crippen LogP contribution in [0.2, 0.25) is 0 Å². The van der Waals surface area contributed by atoms with Crippen LogP contribution in [0.3, 0.4) is 0 Å². The van der Waals surface area contributed by atoms with Crippen LogP contribution in [-0.2, 0) is 11.3 Å². The van der Waals surface area contributed by atoms with Gasteiger partial charge in [-0.1, -0.05) is 72.3 Å². The smallest absolute Gasteiger partial charge is 0.321 e. The minimum atomic E-state index is -0.0850. The maximum absolute atomic E-state index is 13.3. The lowest BCUT2D eigenvalue weighted by atomic mass is 9.84. The third-order valence-corrected chi connectivity index (χ3v) is 7.07. The van der Waals surface area contributed by atoms with E-state index in [9.17, 15) is 9.59 Å². The van der Waals surface area contributed by atoms with Gasteiger partial charge in [-0.25, -0.2) is 4.79 Å². The monoisotopic (exact) mass is 468 g/mol. The predicted octanol–water partition coefficient (Wildman–Crippen LogP) is 4.32. The van der Waals surface area contributed by atoms with Crippen LogP contribution in [0.15, 0.2) is 78.9 Å². The molecule has 3 amide bonds. The number of carbonyl (C=O) groups is 2. The summed E-state index contributed by atoms with van der Waals surface area (Å²) < 4.78 is 0. The number of rotatable bonds is 4. The first-order valence-corrected chi connectivity index (χ1v) is 12.3. The summed E-state index contributed by atoms with van der Waals surface area (Å²) in [5, 5.41) is 2.97. The molecule has 5 rings (SSSR count). The Morgan fingerprint density at radius 3 is 2.26 bits per heavy atom. The van der Waals surface area contributed by atoms with Crippen LogP contribution in [0.5, 0.6) is 0 Å². The highest BCUT2D eigenvalue weighted by Crippen LogP contribution is 2.33. The zero-order valence-corrected chi connectivity index (χ0v) is 20.2. The topological polar surface area (TPSA) is 55.9 Å². The molecule has 6 nitrogen and oxygen atoms in total. The van der Waals surface area contributed by atoms with E-state index < -0.39 is 0 Å². The summed E-state index contributed by atoms with van der Waals surface area (Å²) in [5.74, 6) is 0.338.